The number of aliphatic carboxylic acids is 1. The fourth-order valence-corrected chi connectivity index (χ4v) is 2.03. The van der Waals surface area contributed by atoms with Crippen molar-refractivity contribution < 1.29 is 29.4 Å². The molecule has 5 N–H and O–H groups in total. The summed E-state index contributed by atoms with van der Waals surface area (Å²) in [5, 5.41) is 20.8. The smallest absolute Gasteiger partial charge is 0.327 e. The lowest BCUT2D eigenvalue weighted by atomic mass is 10.00. The Bertz CT molecular complexity index is 465. The molecule has 0 saturated heterocycles. The molecule has 0 aromatic rings. The second kappa shape index (κ2) is 9.21. The highest BCUT2D eigenvalue weighted by Gasteiger charge is 2.41. The third-order valence-electron chi connectivity index (χ3n) is 3.25. The SMILES string of the molecule is CC[C@@H](N)C(=O)N(C(=O)[C@H](CO)NC(C)=O)[C@H](C(=O)O)C(C)C. The zero-order valence-corrected chi connectivity index (χ0v) is 13.8. The van der Waals surface area contributed by atoms with Crippen molar-refractivity contribution in [1.82, 2.24) is 10.2 Å². The van der Waals surface area contributed by atoms with E-state index in [-0.39, 0.29) is 6.42 Å². The number of imide groups is 1. The summed E-state index contributed by atoms with van der Waals surface area (Å²) in [5.74, 6) is -4.41. The van der Waals surface area contributed by atoms with E-state index in [4.69, 9.17) is 5.73 Å². The third kappa shape index (κ3) is 5.61. The van der Waals surface area contributed by atoms with E-state index in [2.05, 4.69) is 5.32 Å². The Balaban J connectivity index is 5.82. The first-order valence-corrected chi connectivity index (χ1v) is 7.31. The number of hydrogen-bond acceptors (Lipinski definition) is 6. The summed E-state index contributed by atoms with van der Waals surface area (Å²) < 4.78 is 0. The van der Waals surface area contributed by atoms with Crippen LogP contribution in [0.3, 0.4) is 0 Å². The van der Waals surface area contributed by atoms with Crippen LogP contribution in [-0.4, -0.2) is 63.5 Å². The van der Waals surface area contributed by atoms with E-state index in [1.54, 1.807) is 6.92 Å². The summed E-state index contributed by atoms with van der Waals surface area (Å²) >= 11 is 0. The average molecular weight is 331 g/mol. The van der Waals surface area contributed by atoms with Crippen molar-refractivity contribution in [3.05, 3.63) is 0 Å². The lowest BCUT2D eigenvalue weighted by molar-refractivity contribution is -0.162. The largest absolute Gasteiger partial charge is 0.480 e. The Labute approximate surface area is 134 Å². The van der Waals surface area contributed by atoms with Gasteiger partial charge in [0, 0.05) is 6.92 Å². The zero-order valence-electron chi connectivity index (χ0n) is 13.8. The van der Waals surface area contributed by atoms with Crippen LogP contribution in [0.25, 0.3) is 0 Å². The molecule has 0 aromatic carbocycles. The van der Waals surface area contributed by atoms with Crippen molar-refractivity contribution in [3.63, 3.8) is 0 Å². The lowest BCUT2D eigenvalue weighted by Crippen LogP contribution is -2.61. The van der Waals surface area contributed by atoms with E-state index in [1.807, 2.05) is 0 Å². The molecule has 0 bridgehead atoms. The minimum atomic E-state index is -1.45. The van der Waals surface area contributed by atoms with Gasteiger partial charge in [-0.25, -0.2) is 4.79 Å². The summed E-state index contributed by atoms with van der Waals surface area (Å²) in [6, 6.07) is -3.92. The van der Waals surface area contributed by atoms with Gasteiger partial charge in [-0.2, -0.15) is 0 Å². The maximum Gasteiger partial charge on any atom is 0.327 e. The topological polar surface area (TPSA) is 150 Å². The number of rotatable bonds is 8. The number of hydrogen-bond donors (Lipinski definition) is 4. The van der Waals surface area contributed by atoms with E-state index in [0.29, 0.717) is 4.90 Å². The summed E-state index contributed by atoms with van der Waals surface area (Å²) in [5.41, 5.74) is 5.65. The minimum Gasteiger partial charge on any atom is -0.480 e. The Hall–Kier alpha value is -2.00. The van der Waals surface area contributed by atoms with Gasteiger partial charge < -0.3 is 21.3 Å². The van der Waals surface area contributed by atoms with Crippen LogP contribution >= 0.6 is 0 Å². The van der Waals surface area contributed by atoms with Crippen LogP contribution in [0.4, 0.5) is 0 Å². The van der Waals surface area contributed by atoms with Crippen molar-refractivity contribution in [2.45, 2.75) is 52.2 Å². The predicted octanol–water partition coefficient (Wildman–Crippen LogP) is -1.31. The number of carbonyl (C=O) groups is 4. The Morgan fingerprint density at radius 1 is 1.17 bits per heavy atom. The maximum absolute atomic E-state index is 12.5. The molecular weight excluding hydrogens is 306 g/mol. The molecule has 0 aromatic heterocycles. The standard InChI is InChI=1S/C14H25N3O6/c1-5-9(15)12(20)17(11(7(2)3)14(22)23)13(21)10(6-18)16-8(4)19/h7,9-11,18H,5-6,15H2,1-4H3,(H,16,19)(H,22,23)/t9-,10+,11+/m1/s1. The molecule has 0 rings (SSSR count). The number of carboxylic acids is 1. The van der Waals surface area contributed by atoms with Gasteiger partial charge in [0.05, 0.1) is 12.6 Å². The number of amides is 3. The second-order valence-electron chi connectivity index (χ2n) is 5.52. The van der Waals surface area contributed by atoms with E-state index in [0.717, 1.165) is 6.92 Å². The second-order valence-corrected chi connectivity index (χ2v) is 5.52. The fraction of sp³-hybridized carbons (Fsp3) is 0.714. The summed E-state index contributed by atoms with van der Waals surface area (Å²) in [6.45, 7) is 5.06. The van der Waals surface area contributed by atoms with Crippen LogP contribution in [0, 0.1) is 5.92 Å². The van der Waals surface area contributed by atoms with Gasteiger partial charge >= 0.3 is 5.97 Å². The first kappa shape index (κ1) is 21.0. The number of nitrogens with zero attached hydrogens (tertiary/aromatic N) is 1. The Morgan fingerprint density at radius 2 is 1.70 bits per heavy atom. The number of aliphatic hydroxyl groups is 1. The maximum atomic E-state index is 12.5. The quantitative estimate of drug-likeness (QED) is 0.431. The lowest BCUT2D eigenvalue weighted by Gasteiger charge is -2.33. The highest BCUT2D eigenvalue weighted by molar-refractivity contribution is 6.04. The van der Waals surface area contributed by atoms with Crippen molar-refractivity contribution in [2.24, 2.45) is 11.7 Å². The number of carboxylic acid groups (broad SMARTS) is 1. The van der Waals surface area contributed by atoms with E-state index >= 15 is 0 Å². The van der Waals surface area contributed by atoms with Crippen LogP contribution in [0.1, 0.15) is 34.1 Å². The zero-order chi connectivity index (χ0) is 18.3. The molecular formula is C14H25N3O6. The van der Waals surface area contributed by atoms with E-state index in [9.17, 15) is 29.4 Å². The number of nitrogens with one attached hydrogen (secondary N) is 1. The van der Waals surface area contributed by atoms with Gasteiger partial charge in [0.25, 0.3) is 5.91 Å². The van der Waals surface area contributed by atoms with Crippen molar-refractivity contribution in [3.8, 4) is 0 Å². The van der Waals surface area contributed by atoms with Crippen LogP contribution in [0.15, 0.2) is 0 Å². The highest BCUT2D eigenvalue weighted by atomic mass is 16.4. The van der Waals surface area contributed by atoms with E-state index in [1.165, 1.54) is 13.8 Å². The van der Waals surface area contributed by atoms with Crippen molar-refractivity contribution >= 4 is 23.7 Å². The summed E-state index contributed by atoms with van der Waals surface area (Å²) in [6.07, 6.45) is 0.205. The number of nitrogens with two attached hydrogens (primary N) is 1. The predicted molar refractivity (Wildman–Crippen MR) is 81.1 cm³/mol. The molecule has 9 nitrogen and oxygen atoms in total. The summed E-state index contributed by atoms with van der Waals surface area (Å²) in [4.78, 5) is 48.1. The molecule has 23 heavy (non-hydrogen) atoms. The molecule has 3 atom stereocenters. The van der Waals surface area contributed by atoms with Crippen LogP contribution in [0.5, 0.6) is 0 Å². The van der Waals surface area contributed by atoms with Gasteiger partial charge in [-0.3, -0.25) is 19.3 Å². The van der Waals surface area contributed by atoms with Gasteiger partial charge in [0.15, 0.2) is 0 Å². The molecule has 0 heterocycles. The summed E-state index contributed by atoms with van der Waals surface area (Å²) in [7, 11) is 0. The van der Waals surface area contributed by atoms with Crippen molar-refractivity contribution in [1.29, 1.82) is 0 Å². The van der Waals surface area contributed by atoms with Gasteiger partial charge in [0.2, 0.25) is 11.8 Å². The molecule has 0 fully saturated rings. The Morgan fingerprint density at radius 3 is 2.00 bits per heavy atom. The monoisotopic (exact) mass is 331 g/mol. The fourth-order valence-electron chi connectivity index (χ4n) is 2.03. The molecule has 0 saturated carbocycles. The van der Waals surface area contributed by atoms with Gasteiger partial charge in [-0.1, -0.05) is 20.8 Å². The van der Waals surface area contributed by atoms with Crippen LogP contribution in [-0.2, 0) is 19.2 Å². The number of carbonyl (C=O) groups excluding carboxylic acids is 3. The van der Waals surface area contributed by atoms with Gasteiger partial charge in [-0.15, -0.1) is 0 Å². The van der Waals surface area contributed by atoms with Crippen molar-refractivity contribution in [2.75, 3.05) is 6.61 Å². The molecule has 3 amide bonds. The van der Waals surface area contributed by atoms with E-state index < -0.39 is 54.3 Å². The number of aliphatic hydroxyl groups excluding tert-OH is 1. The molecule has 0 radical (unpaired) electrons. The molecule has 0 aliphatic rings. The van der Waals surface area contributed by atoms with Crippen LogP contribution < -0.4 is 11.1 Å². The van der Waals surface area contributed by atoms with Gasteiger partial charge in [0.1, 0.15) is 12.1 Å². The third-order valence-corrected chi connectivity index (χ3v) is 3.25. The molecule has 0 spiro atoms. The van der Waals surface area contributed by atoms with Crippen LogP contribution in [0.2, 0.25) is 0 Å². The normalized spacial score (nSPS) is 14.7. The minimum absolute atomic E-state index is 0.205. The molecule has 0 aliphatic carbocycles. The first-order valence-electron chi connectivity index (χ1n) is 7.31. The molecule has 9 heteroatoms. The average Bonchev–Trinajstić information content (AvgIpc) is 2.46. The van der Waals surface area contributed by atoms with Gasteiger partial charge in [-0.05, 0) is 12.3 Å². The molecule has 0 unspecified atom stereocenters. The first-order chi connectivity index (χ1) is 10.6. The molecule has 0 aliphatic heterocycles. The highest BCUT2D eigenvalue weighted by Crippen LogP contribution is 2.15. The Kier molecular flexibility index (Phi) is 8.41. The molecule has 132 valence electrons.